The average Bonchev–Trinajstić information content (AvgIpc) is 3.15. The fourth-order valence-electron chi connectivity index (χ4n) is 3.08. The van der Waals surface area contributed by atoms with Gasteiger partial charge >= 0.3 is 0 Å². The number of hydrogen-bond donors (Lipinski definition) is 1. The zero-order chi connectivity index (χ0) is 18.7. The molecule has 1 atom stereocenters. The van der Waals surface area contributed by atoms with Gasteiger partial charge < -0.3 is 20.0 Å². The molecule has 0 aromatic carbocycles. The van der Waals surface area contributed by atoms with Crippen molar-refractivity contribution in [2.45, 2.75) is 39.0 Å². The number of aryl methyl sites for hydroxylation is 1. The highest BCUT2D eigenvalue weighted by Crippen LogP contribution is 2.18. The Kier molecular flexibility index (Phi) is 5.55. The Balaban J connectivity index is 1.63. The van der Waals surface area contributed by atoms with E-state index in [2.05, 4.69) is 15.6 Å². The maximum Gasteiger partial charge on any atom is 0.271 e. The Morgan fingerprint density at radius 2 is 2.19 bits per heavy atom. The number of rotatable bonds is 5. The standard InChI is InChI=1S/C17H26N6O3/c1-12-9-15(26-20-12)17(25)22-6-4-7-23-13(11-22)10-14(19-23)16(24)18-5-8-21(2)3/h10,15H,4-9,11H2,1-3H3,(H,18,24)/t15-/m0/s1. The number of fused-ring (bicyclic) bond motifs is 1. The summed E-state index contributed by atoms with van der Waals surface area (Å²) in [6, 6.07) is 1.77. The molecule has 1 aromatic rings. The molecule has 0 fully saturated rings. The zero-order valence-electron chi connectivity index (χ0n) is 15.6. The van der Waals surface area contributed by atoms with Gasteiger partial charge in [-0.05, 0) is 33.5 Å². The van der Waals surface area contributed by atoms with Gasteiger partial charge in [0.25, 0.3) is 11.8 Å². The van der Waals surface area contributed by atoms with Gasteiger partial charge in [-0.1, -0.05) is 5.16 Å². The van der Waals surface area contributed by atoms with Gasteiger partial charge in [0.15, 0.2) is 5.69 Å². The maximum atomic E-state index is 12.7. The first-order valence-electron chi connectivity index (χ1n) is 8.92. The summed E-state index contributed by atoms with van der Waals surface area (Å²) in [5.41, 5.74) is 2.09. The summed E-state index contributed by atoms with van der Waals surface area (Å²) in [5.74, 6) is -0.245. The van der Waals surface area contributed by atoms with E-state index in [0.717, 1.165) is 24.4 Å². The molecule has 0 aliphatic carbocycles. The third-order valence-corrected chi connectivity index (χ3v) is 4.50. The lowest BCUT2D eigenvalue weighted by Crippen LogP contribution is -2.39. The fraction of sp³-hybridized carbons (Fsp3) is 0.647. The Hall–Kier alpha value is -2.42. The molecule has 0 unspecified atom stereocenters. The first-order chi connectivity index (χ1) is 12.4. The molecule has 3 rings (SSSR count). The Bertz CT molecular complexity index is 711. The quantitative estimate of drug-likeness (QED) is 0.800. The second-order valence-corrected chi connectivity index (χ2v) is 7.04. The molecule has 2 amide bonds. The molecule has 2 aliphatic rings. The molecule has 0 saturated carbocycles. The van der Waals surface area contributed by atoms with E-state index in [1.807, 2.05) is 30.6 Å². The lowest BCUT2D eigenvalue weighted by atomic mass is 10.1. The first-order valence-corrected chi connectivity index (χ1v) is 8.92. The van der Waals surface area contributed by atoms with Gasteiger partial charge in [0.05, 0.1) is 18.0 Å². The van der Waals surface area contributed by atoms with Crippen LogP contribution in [0.25, 0.3) is 0 Å². The molecule has 9 nitrogen and oxygen atoms in total. The van der Waals surface area contributed by atoms with Gasteiger partial charge in [-0.25, -0.2) is 0 Å². The summed E-state index contributed by atoms with van der Waals surface area (Å²) in [4.78, 5) is 33.9. The van der Waals surface area contributed by atoms with Crippen LogP contribution in [-0.2, 0) is 22.7 Å². The molecule has 1 aromatic heterocycles. The molecule has 1 N–H and O–H groups in total. The van der Waals surface area contributed by atoms with Crippen LogP contribution in [0.2, 0.25) is 0 Å². The van der Waals surface area contributed by atoms with Crippen molar-refractivity contribution >= 4 is 17.5 Å². The number of oxime groups is 1. The zero-order valence-corrected chi connectivity index (χ0v) is 15.6. The van der Waals surface area contributed by atoms with Crippen molar-refractivity contribution in [1.29, 1.82) is 0 Å². The molecule has 0 bridgehead atoms. The smallest absolute Gasteiger partial charge is 0.271 e. The van der Waals surface area contributed by atoms with Crippen LogP contribution >= 0.6 is 0 Å². The largest absolute Gasteiger partial charge is 0.382 e. The molecule has 3 heterocycles. The summed E-state index contributed by atoms with van der Waals surface area (Å²) in [6.07, 6.45) is 0.793. The minimum atomic E-state index is -0.529. The summed E-state index contributed by atoms with van der Waals surface area (Å²) in [6.45, 7) is 4.94. The van der Waals surface area contributed by atoms with Crippen molar-refractivity contribution in [2.24, 2.45) is 5.16 Å². The summed E-state index contributed by atoms with van der Waals surface area (Å²) >= 11 is 0. The van der Waals surface area contributed by atoms with Crippen molar-refractivity contribution in [3.63, 3.8) is 0 Å². The fourth-order valence-corrected chi connectivity index (χ4v) is 3.08. The van der Waals surface area contributed by atoms with Crippen LogP contribution in [-0.4, -0.2) is 76.9 Å². The molecule has 0 radical (unpaired) electrons. The predicted molar refractivity (Wildman–Crippen MR) is 95.7 cm³/mol. The number of carbonyl (C=O) groups is 2. The summed E-state index contributed by atoms with van der Waals surface area (Å²) in [5, 5.41) is 11.1. The number of nitrogens with one attached hydrogen (secondary N) is 1. The van der Waals surface area contributed by atoms with Crippen molar-refractivity contribution < 1.29 is 14.4 Å². The first kappa shape index (κ1) is 18.4. The minimum Gasteiger partial charge on any atom is -0.382 e. The number of hydrogen-bond acceptors (Lipinski definition) is 6. The van der Waals surface area contributed by atoms with Crippen LogP contribution in [0.15, 0.2) is 11.2 Å². The van der Waals surface area contributed by atoms with E-state index in [-0.39, 0.29) is 11.8 Å². The predicted octanol–water partition coefficient (Wildman–Crippen LogP) is 0.0716. The molecule has 2 aliphatic heterocycles. The lowest BCUT2D eigenvalue weighted by molar-refractivity contribution is -0.142. The average molecular weight is 362 g/mol. The number of likely N-dealkylation sites (N-methyl/N-ethyl adjacent to an activating group) is 1. The van der Waals surface area contributed by atoms with Crippen LogP contribution < -0.4 is 5.32 Å². The van der Waals surface area contributed by atoms with E-state index in [0.29, 0.717) is 38.3 Å². The molecule has 26 heavy (non-hydrogen) atoms. The van der Waals surface area contributed by atoms with Crippen molar-refractivity contribution in [3.8, 4) is 0 Å². The highest BCUT2D eigenvalue weighted by Gasteiger charge is 2.32. The van der Waals surface area contributed by atoms with Crippen molar-refractivity contribution in [2.75, 3.05) is 33.7 Å². The molecular formula is C17H26N6O3. The van der Waals surface area contributed by atoms with E-state index >= 15 is 0 Å². The molecule has 0 spiro atoms. The lowest BCUT2D eigenvalue weighted by Gasteiger charge is -2.22. The van der Waals surface area contributed by atoms with Crippen molar-refractivity contribution in [3.05, 3.63) is 17.5 Å². The second-order valence-electron chi connectivity index (χ2n) is 7.04. The maximum absolute atomic E-state index is 12.7. The van der Waals surface area contributed by atoms with E-state index in [4.69, 9.17) is 4.84 Å². The van der Waals surface area contributed by atoms with E-state index in [1.165, 1.54) is 0 Å². The Morgan fingerprint density at radius 3 is 2.88 bits per heavy atom. The van der Waals surface area contributed by atoms with Gasteiger partial charge in [0.2, 0.25) is 6.10 Å². The van der Waals surface area contributed by atoms with Gasteiger partial charge in [-0.15, -0.1) is 0 Å². The minimum absolute atomic E-state index is 0.0581. The third kappa shape index (κ3) is 4.21. The van der Waals surface area contributed by atoms with Gasteiger partial charge in [0, 0.05) is 32.6 Å². The highest BCUT2D eigenvalue weighted by molar-refractivity contribution is 5.93. The van der Waals surface area contributed by atoms with Gasteiger partial charge in [0.1, 0.15) is 0 Å². The van der Waals surface area contributed by atoms with Crippen LogP contribution in [0, 0.1) is 0 Å². The Morgan fingerprint density at radius 1 is 1.38 bits per heavy atom. The van der Waals surface area contributed by atoms with Crippen LogP contribution in [0.1, 0.15) is 35.9 Å². The number of amides is 2. The summed E-state index contributed by atoms with van der Waals surface area (Å²) < 4.78 is 1.82. The topological polar surface area (TPSA) is 92.1 Å². The molecular weight excluding hydrogens is 336 g/mol. The van der Waals surface area contributed by atoms with E-state index < -0.39 is 6.10 Å². The molecule has 9 heteroatoms. The van der Waals surface area contributed by atoms with E-state index in [9.17, 15) is 9.59 Å². The summed E-state index contributed by atoms with van der Waals surface area (Å²) in [7, 11) is 3.91. The monoisotopic (exact) mass is 362 g/mol. The number of carbonyl (C=O) groups excluding carboxylic acids is 2. The number of aromatic nitrogens is 2. The SMILES string of the molecule is CC1=NO[C@H](C(=O)N2CCCn3nc(C(=O)NCCN(C)C)cc3C2)C1. The van der Waals surface area contributed by atoms with Gasteiger partial charge in [-0.2, -0.15) is 5.10 Å². The normalized spacial score (nSPS) is 19.6. The van der Waals surface area contributed by atoms with Crippen LogP contribution in [0.3, 0.4) is 0 Å². The van der Waals surface area contributed by atoms with Gasteiger partial charge in [-0.3, -0.25) is 14.3 Å². The third-order valence-electron chi connectivity index (χ3n) is 4.50. The Labute approximate surface area is 152 Å². The second kappa shape index (κ2) is 7.86. The van der Waals surface area contributed by atoms with Crippen molar-refractivity contribution in [1.82, 2.24) is 24.9 Å². The molecule has 142 valence electrons. The highest BCUT2D eigenvalue weighted by atomic mass is 16.6. The van der Waals surface area contributed by atoms with Crippen LogP contribution in [0.5, 0.6) is 0 Å². The molecule has 0 saturated heterocycles. The number of nitrogens with zero attached hydrogens (tertiary/aromatic N) is 5. The van der Waals surface area contributed by atoms with Crippen LogP contribution in [0.4, 0.5) is 0 Å². The van der Waals surface area contributed by atoms with E-state index in [1.54, 1.807) is 11.0 Å².